The Kier molecular flexibility index (Phi) is 5.36. The molecule has 0 spiro atoms. The van der Waals surface area contributed by atoms with E-state index in [0.29, 0.717) is 4.68 Å². The molecule has 1 aromatic heterocycles. The average Bonchev–Trinajstić information content (AvgIpc) is 3.45. The van der Waals surface area contributed by atoms with Crippen LogP contribution in [0.1, 0.15) is 24.9 Å². The maximum atomic E-state index is 11.6. The minimum Gasteiger partial charge on any atom is -0.463 e. The minimum atomic E-state index is -2.94. The van der Waals surface area contributed by atoms with Gasteiger partial charge in [-0.15, -0.1) is 5.10 Å². The topological polar surface area (TPSA) is 88.7 Å². The normalized spacial score (nSPS) is 20.6. The fourth-order valence-electron chi connectivity index (χ4n) is 4.35. The van der Waals surface area contributed by atoms with Crippen LogP contribution in [0.25, 0.3) is 0 Å². The molecule has 0 N–H and O–H groups in total. The molecule has 1 fully saturated rings. The van der Waals surface area contributed by atoms with E-state index in [1.54, 1.807) is 0 Å². The molecule has 0 radical (unpaired) electrons. The zero-order valence-corrected chi connectivity index (χ0v) is 19.8. The van der Waals surface area contributed by atoms with E-state index in [2.05, 4.69) is 50.1 Å². The lowest BCUT2D eigenvalue weighted by Crippen LogP contribution is -2.68. The SMILES string of the molecule is [2H]C([2H])([2H])n1cc([N+](=O)[O-])c(O[C@H]2COC[C@@H]2O[Si](c2ccccc2)(c2ccccc2)C(C)(C)C)n1. The number of ether oxygens (including phenoxy) is 2. The maximum absolute atomic E-state index is 11.6. The number of aryl methyl sites for hydroxylation is 1. The fraction of sp³-hybridized carbons (Fsp3) is 0.375. The highest BCUT2D eigenvalue weighted by Crippen LogP contribution is 2.39. The Morgan fingerprint density at radius 3 is 2.18 bits per heavy atom. The van der Waals surface area contributed by atoms with E-state index < -0.39 is 38.1 Å². The zero-order chi connectivity index (χ0) is 26.1. The van der Waals surface area contributed by atoms with Gasteiger partial charge in [0.15, 0.2) is 6.10 Å². The highest BCUT2D eigenvalue weighted by molar-refractivity contribution is 6.99. The molecule has 0 aliphatic carbocycles. The number of benzene rings is 2. The summed E-state index contributed by atoms with van der Waals surface area (Å²) >= 11 is 0. The monoisotopic (exact) mass is 470 g/mol. The Hall–Kier alpha value is -3.01. The standard InChI is InChI=1S/C24H29N3O5Si/c1-24(2,3)33(18-11-7-5-8-12-18,19-13-9-6-10-14-19)32-22-17-30-16-21(22)31-23-20(27(28)29)15-26(4)25-23/h5-15,21-22H,16-17H2,1-4H3/t21-,22-/m0/s1/i4D3. The molecule has 0 saturated carbocycles. The lowest BCUT2D eigenvalue weighted by molar-refractivity contribution is -0.386. The van der Waals surface area contributed by atoms with Crippen LogP contribution in [0.15, 0.2) is 66.9 Å². The quantitative estimate of drug-likeness (QED) is 0.300. The zero-order valence-electron chi connectivity index (χ0n) is 21.8. The number of hydrogen-bond acceptors (Lipinski definition) is 6. The molecule has 1 aliphatic rings. The number of rotatable bonds is 7. The van der Waals surface area contributed by atoms with Crippen LogP contribution in [-0.4, -0.2) is 48.4 Å². The second kappa shape index (κ2) is 9.09. The predicted octanol–water partition coefficient (Wildman–Crippen LogP) is 3.05. The van der Waals surface area contributed by atoms with Crippen molar-refractivity contribution >= 4 is 24.4 Å². The van der Waals surface area contributed by atoms with Gasteiger partial charge in [0.05, 0.1) is 18.1 Å². The van der Waals surface area contributed by atoms with Crippen molar-refractivity contribution in [3.63, 3.8) is 0 Å². The largest absolute Gasteiger partial charge is 0.463 e. The van der Waals surface area contributed by atoms with Crippen molar-refractivity contribution in [1.29, 1.82) is 0 Å². The van der Waals surface area contributed by atoms with Crippen molar-refractivity contribution in [2.45, 2.75) is 38.0 Å². The maximum Gasteiger partial charge on any atom is 0.350 e. The molecule has 9 heteroatoms. The average molecular weight is 471 g/mol. The second-order valence-corrected chi connectivity index (χ2v) is 13.3. The molecule has 0 bridgehead atoms. The highest BCUT2D eigenvalue weighted by Gasteiger charge is 2.53. The van der Waals surface area contributed by atoms with Gasteiger partial charge in [-0.25, -0.2) is 0 Å². The lowest BCUT2D eigenvalue weighted by Gasteiger charge is -2.45. The third-order valence-electron chi connectivity index (χ3n) is 5.85. The van der Waals surface area contributed by atoms with E-state index >= 15 is 0 Å². The minimum absolute atomic E-state index is 0.126. The van der Waals surface area contributed by atoms with Gasteiger partial charge in [0.2, 0.25) is 0 Å². The van der Waals surface area contributed by atoms with Gasteiger partial charge in [0.25, 0.3) is 8.32 Å². The van der Waals surface area contributed by atoms with Crippen LogP contribution >= 0.6 is 0 Å². The van der Waals surface area contributed by atoms with Crippen molar-refractivity contribution in [1.82, 2.24) is 9.78 Å². The molecule has 1 saturated heterocycles. The molecule has 2 aromatic carbocycles. The summed E-state index contributed by atoms with van der Waals surface area (Å²) in [6.45, 7) is 4.11. The van der Waals surface area contributed by atoms with Crippen molar-refractivity contribution < 1.29 is 22.9 Å². The molecule has 33 heavy (non-hydrogen) atoms. The van der Waals surface area contributed by atoms with Crippen molar-refractivity contribution in [2.24, 2.45) is 6.98 Å². The summed E-state index contributed by atoms with van der Waals surface area (Å²) in [6, 6.07) is 20.1. The summed E-state index contributed by atoms with van der Waals surface area (Å²) in [5.41, 5.74) is -0.526. The second-order valence-electron chi connectivity index (χ2n) is 9.03. The van der Waals surface area contributed by atoms with Crippen LogP contribution in [-0.2, 0) is 16.1 Å². The van der Waals surface area contributed by atoms with Crippen LogP contribution in [0, 0.1) is 10.1 Å². The Labute approximate surface area is 198 Å². The van der Waals surface area contributed by atoms with E-state index in [0.717, 1.165) is 16.6 Å². The summed E-state index contributed by atoms with van der Waals surface area (Å²) in [5, 5.41) is 17.3. The summed E-state index contributed by atoms with van der Waals surface area (Å²) in [7, 11) is -2.94. The van der Waals surface area contributed by atoms with Crippen LogP contribution < -0.4 is 15.1 Å². The molecular formula is C24H29N3O5Si. The van der Waals surface area contributed by atoms with Gasteiger partial charge >= 0.3 is 11.6 Å². The van der Waals surface area contributed by atoms with Crippen molar-refractivity contribution in [3.05, 3.63) is 77.0 Å². The van der Waals surface area contributed by atoms with Crippen LogP contribution in [0.2, 0.25) is 5.04 Å². The Balaban J connectivity index is 1.74. The molecule has 3 aromatic rings. The molecule has 1 aliphatic heterocycles. The Bertz CT molecular complexity index is 1160. The van der Waals surface area contributed by atoms with Crippen LogP contribution in [0.4, 0.5) is 5.69 Å². The molecule has 0 unspecified atom stereocenters. The van der Waals surface area contributed by atoms with Gasteiger partial charge in [-0.05, 0) is 15.4 Å². The Morgan fingerprint density at radius 2 is 1.67 bits per heavy atom. The summed E-state index contributed by atoms with van der Waals surface area (Å²) in [5.74, 6) is -0.373. The summed E-state index contributed by atoms with van der Waals surface area (Å²) < 4.78 is 41.9. The highest BCUT2D eigenvalue weighted by atomic mass is 28.4. The molecule has 0 amide bonds. The van der Waals surface area contributed by atoms with E-state index in [1.807, 2.05) is 36.4 Å². The fourth-order valence-corrected chi connectivity index (χ4v) is 9.04. The Morgan fingerprint density at radius 1 is 1.09 bits per heavy atom. The van der Waals surface area contributed by atoms with Gasteiger partial charge in [-0.2, -0.15) is 0 Å². The van der Waals surface area contributed by atoms with Gasteiger partial charge < -0.3 is 13.9 Å². The smallest absolute Gasteiger partial charge is 0.350 e. The predicted molar refractivity (Wildman–Crippen MR) is 128 cm³/mol. The number of aromatic nitrogens is 2. The molecule has 2 atom stereocenters. The number of nitro groups is 1. The van der Waals surface area contributed by atoms with E-state index in [-0.39, 0.29) is 24.1 Å². The van der Waals surface area contributed by atoms with Gasteiger partial charge in [0, 0.05) is 11.1 Å². The van der Waals surface area contributed by atoms with Crippen molar-refractivity contribution in [2.75, 3.05) is 13.2 Å². The first kappa shape index (κ1) is 19.5. The van der Waals surface area contributed by atoms with Crippen LogP contribution in [0.3, 0.4) is 0 Å². The third-order valence-corrected chi connectivity index (χ3v) is 10.9. The first-order valence-electron chi connectivity index (χ1n) is 12.2. The van der Waals surface area contributed by atoms with Gasteiger partial charge in [-0.1, -0.05) is 81.4 Å². The van der Waals surface area contributed by atoms with Gasteiger partial charge in [0.1, 0.15) is 12.3 Å². The lowest BCUT2D eigenvalue weighted by atomic mass is 10.2. The summed E-state index contributed by atoms with van der Waals surface area (Å²) in [6.07, 6.45) is -0.421. The third kappa shape index (κ3) is 4.44. The van der Waals surface area contributed by atoms with E-state index in [4.69, 9.17) is 18.0 Å². The van der Waals surface area contributed by atoms with E-state index in [9.17, 15) is 10.1 Å². The van der Waals surface area contributed by atoms with Gasteiger partial charge in [-0.3, -0.25) is 14.8 Å². The molecule has 174 valence electrons. The molecule has 8 nitrogen and oxygen atoms in total. The summed E-state index contributed by atoms with van der Waals surface area (Å²) in [4.78, 5) is 10.9. The van der Waals surface area contributed by atoms with Crippen LogP contribution in [0.5, 0.6) is 5.88 Å². The molecule has 2 heterocycles. The van der Waals surface area contributed by atoms with Crippen molar-refractivity contribution in [3.8, 4) is 5.88 Å². The number of hydrogen-bond donors (Lipinski definition) is 0. The molecular weight excluding hydrogens is 438 g/mol. The number of nitrogens with zero attached hydrogens (tertiary/aromatic N) is 3. The first-order valence-corrected chi connectivity index (χ1v) is 12.6. The molecule has 4 rings (SSSR count). The first-order chi connectivity index (χ1) is 16.9. The van der Waals surface area contributed by atoms with E-state index in [1.165, 1.54) is 0 Å².